The smallest absolute Gasteiger partial charge is 0.0571 e. The number of hydrogen-bond donors (Lipinski definition) is 1. The van der Waals surface area contributed by atoms with Gasteiger partial charge in [0.2, 0.25) is 0 Å². The average Bonchev–Trinajstić information content (AvgIpc) is 2.87. The third-order valence-corrected chi connectivity index (χ3v) is 4.43. The van der Waals surface area contributed by atoms with E-state index in [0.717, 1.165) is 24.7 Å². The van der Waals surface area contributed by atoms with Crippen molar-refractivity contribution < 1.29 is 0 Å². The van der Waals surface area contributed by atoms with Crippen LogP contribution in [0.2, 0.25) is 0 Å². The average molecular weight is 261 g/mol. The highest BCUT2D eigenvalue weighted by atomic mass is 15.2. The van der Waals surface area contributed by atoms with Crippen LogP contribution in [0.5, 0.6) is 0 Å². The van der Waals surface area contributed by atoms with Gasteiger partial charge in [-0.25, -0.2) is 0 Å². The van der Waals surface area contributed by atoms with Gasteiger partial charge in [-0.3, -0.25) is 4.98 Å². The zero-order valence-corrected chi connectivity index (χ0v) is 12.9. The molecule has 1 saturated heterocycles. The van der Waals surface area contributed by atoms with Crippen LogP contribution >= 0.6 is 0 Å². The molecule has 0 spiro atoms. The third-order valence-electron chi connectivity index (χ3n) is 4.43. The molecule has 1 aromatic heterocycles. The van der Waals surface area contributed by atoms with Crippen molar-refractivity contribution in [1.29, 1.82) is 0 Å². The Hall–Kier alpha value is -1.09. The predicted molar refractivity (Wildman–Crippen MR) is 81.5 cm³/mol. The molecular weight excluding hydrogens is 234 g/mol. The summed E-state index contributed by atoms with van der Waals surface area (Å²) < 4.78 is 0. The fourth-order valence-corrected chi connectivity index (χ4v) is 2.69. The number of hydrogen-bond acceptors (Lipinski definition) is 3. The summed E-state index contributed by atoms with van der Waals surface area (Å²) in [6.45, 7) is 11.5. The molecule has 0 saturated carbocycles. The summed E-state index contributed by atoms with van der Waals surface area (Å²) in [7, 11) is 1.97. The Labute approximate surface area is 117 Å². The Bertz CT molecular complexity index is 405. The fourth-order valence-electron chi connectivity index (χ4n) is 2.69. The van der Waals surface area contributed by atoms with Crippen molar-refractivity contribution >= 4 is 5.69 Å². The molecular formula is C16H27N3. The number of rotatable bonds is 3. The maximum absolute atomic E-state index is 4.58. The molecule has 1 N–H and O–H groups in total. The van der Waals surface area contributed by atoms with Crippen molar-refractivity contribution in [2.45, 2.75) is 40.2 Å². The molecule has 2 unspecified atom stereocenters. The lowest BCUT2D eigenvalue weighted by Crippen LogP contribution is -2.26. The maximum atomic E-state index is 4.58. The van der Waals surface area contributed by atoms with Crippen LogP contribution in [0, 0.1) is 11.3 Å². The van der Waals surface area contributed by atoms with Gasteiger partial charge in [0.1, 0.15) is 0 Å². The number of aromatic nitrogens is 1. The van der Waals surface area contributed by atoms with Crippen molar-refractivity contribution in [3.05, 3.63) is 24.0 Å². The molecule has 3 nitrogen and oxygen atoms in total. The lowest BCUT2D eigenvalue weighted by molar-refractivity contribution is 0.263. The van der Waals surface area contributed by atoms with E-state index in [4.69, 9.17) is 0 Å². The molecule has 2 atom stereocenters. The molecule has 1 aromatic rings. The molecule has 2 heterocycles. The quantitative estimate of drug-likeness (QED) is 0.905. The van der Waals surface area contributed by atoms with Crippen molar-refractivity contribution in [2.24, 2.45) is 11.3 Å². The van der Waals surface area contributed by atoms with Crippen LogP contribution in [0.25, 0.3) is 0 Å². The second kappa shape index (κ2) is 5.49. The first kappa shape index (κ1) is 14.3. The monoisotopic (exact) mass is 261 g/mol. The molecule has 0 aliphatic carbocycles. The van der Waals surface area contributed by atoms with E-state index >= 15 is 0 Å². The first-order valence-electron chi connectivity index (χ1n) is 7.30. The first-order valence-corrected chi connectivity index (χ1v) is 7.30. The van der Waals surface area contributed by atoms with Gasteiger partial charge in [-0.1, -0.05) is 20.8 Å². The molecule has 0 radical (unpaired) electrons. The summed E-state index contributed by atoms with van der Waals surface area (Å²) in [5.41, 5.74) is 2.78. The summed E-state index contributed by atoms with van der Waals surface area (Å²) in [5, 5.41) is 3.22. The zero-order valence-electron chi connectivity index (χ0n) is 12.9. The molecule has 1 fully saturated rings. The molecule has 1 aliphatic heterocycles. The highest BCUT2D eigenvalue weighted by Gasteiger charge is 2.31. The van der Waals surface area contributed by atoms with E-state index in [2.05, 4.69) is 55.0 Å². The van der Waals surface area contributed by atoms with Gasteiger partial charge in [-0.15, -0.1) is 0 Å². The highest BCUT2D eigenvalue weighted by molar-refractivity contribution is 5.46. The summed E-state index contributed by atoms with van der Waals surface area (Å²) in [4.78, 5) is 7.05. The summed E-state index contributed by atoms with van der Waals surface area (Å²) in [6.07, 6.45) is 3.31. The van der Waals surface area contributed by atoms with E-state index in [0.29, 0.717) is 11.5 Å². The lowest BCUT2D eigenvalue weighted by atomic mass is 9.80. The normalized spacial score (nSPS) is 21.7. The van der Waals surface area contributed by atoms with Gasteiger partial charge in [0.15, 0.2) is 0 Å². The van der Waals surface area contributed by atoms with Crippen LogP contribution in [0.3, 0.4) is 0 Å². The standard InChI is InChI=1S/C16H27N3/c1-12(17-5)15-7-6-14(10-18-15)19-9-8-13(11-19)16(2,3)4/h6-7,10,12-13,17H,8-9,11H2,1-5H3. The van der Waals surface area contributed by atoms with Crippen molar-refractivity contribution in [3.63, 3.8) is 0 Å². The fraction of sp³-hybridized carbons (Fsp3) is 0.688. The van der Waals surface area contributed by atoms with Gasteiger partial charge >= 0.3 is 0 Å². The minimum Gasteiger partial charge on any atom is -0.370 e. The van der Waals surface area contributed by atoms with Gasteiger partial charge in [0, 0.05) is 19.1 Å². The zero-order chi connectivity index (χ0) is 14.0. The summed E-state index contributed by atoms with van der Waals surface area (Å²) >= 11 is 0. The molecule has 0 bridgehead atoms. The van der Waals surface area contributed by atoms with E-state index in [1.165, 1.54) is 12.1 Å². The van der Waals surface area contributed by atoms with Gasteiger partial charge in [0.05, 0.1) is 17.6 Å². The van der Waals surface area contributed by atoms with Crippen LogP contribution in [0.15, 0.2) is 18.3 Å². The summed E-state index contributed by atoms with van der Waals surface area (Å²) in [5.74, 6) is 0.781. The minimum absolute atomic E-state index is 0.315. The Morgan fingerprint density at radius 3 is 2.58 bits per heavy atom. The van der Waals surface area contributed by atoms with Crippen LogP contribution in [0.1, 0.15) is 45.9 Å². The minimum atomic E-state index is 0.315. The summed E-state index contributed by atoms with van der Waals surface area (Å²) in [6, 6.07) is 4.66. The number of nitrogens with zero attached hydrogens (tertiary/aromatic N) is 2. The molecule has 2 rings (SSSR count). The molecule has 3 heteroatoms. The number of nitrogens with one attached hydrogen (secondary N) is 1. The maximum Gasteiger partial charge on any atom is 0.0571 e. The van der Waals surface area contributed by atoms with Crippen molar-refractivity contribution in [3.8, 4) is 0 Å². The van der Waals surface area contributed by atoms with Crippen molar-refractivity contribution in [2.75, 3.05) is 25.0 Å². The lowest BCUT2D eigenvalue weighted by Gasteiger charge is -2.27. The Morgan fingerprint density at radius 2 is 2.11 bits per heavy atom. The van der Waals surface area contributed by atoms with E-state index < -0.39 is 0 Å². The SMILES string of the molecule is CNC(C)c1ccc(N2CCC(C(C)(C)C)C2)cn1. The predicted octanol–water partition coefficient (Wildman–Crippen LogP) is 3.23. The van der Waals surface area contributed by atoms with Gasteiger partial charge in [-0.2, -0.15) is 0 Å². The topological polar surface area (TPSA) is 28.2 Å². The Balaban J connectivity index is 2.04. The van der Waals surface area contributed by atoms with Gasteiger partial charge in [-0.05, 0) is 43.9 Å². The number of pyridine rings is 1. The largest absolute Gasteiger partial charge is 0.370 e. The van der Waals surface area contributed by atoms with Gasteiger partial charge in [0.25, 0.3) is 0 Å². The second-order valence-corrected chi connectivity index (χ2v) is 6.75. The molecule has 0 aromatic carbocycles. The van der Waals surface area contributed by atoms with Gasteiger partial charge < -0.3 is 10.2 Å². The Morgan fingerprint density at radius 1 is 1.37 bits per heavy atom. The van der Waals surface area contributed by atoms with E-state index in [-0.39, 0.29) is 0 Å². The van der Waals surface area contributed by atoms with E-state index in [1.807, 2.05) is 13.2 Å². The van der Waals surface area contributed by atoms with E-state index in [9.17, 15) is 0 Å². The van der Waals surface area contributed by atoms with Crippen LogP contribution in [-0.2, 0) is 0 Å². The third kappa shape index (κ3) is 3.27. The molecule has 106 valence electrons. The first-order chi connectivity index (χ1) is 8.91. The Kier molecular flexibility index (Phi) is 4.14. The van der Waals surface area contributed by atoms with Crippen LogP contribution < -0.4 is 10.2 Å². The van der Waals surface area contributed by atoms with Crippen molar-refractivity contribution in [1.82, 2.24) is 10.3 Å². The molecule has 1 aliphatic rings. The van der Waals surface area contributed by atoms with E-state index in [1.54, 1.807) is 0 Å². The highest BCUT2D eigenvalue weighted by Crippen LogP contribution is 2.35. The molecule has 0 amide bonds. The molecule has 19 heavy (non-hydrogen) atoms. The second-order valence-electron chi connectivity index (χ2n) is 6.75. The number of anilines is 1. The van der Waals surface area contributed by atoms with Crippen LogP contribution in [0.4, 0.5) is 5.69 Å². The van der Waals surface area contributed by atoms with Crippen LogP contribution in [-0.4, -0.2) is 25.1 Å².